The highest BCUT2D eigenvalue weighted by atomic mass is 16.5. The molecular weight excluding hydrogens is 412 g/mol. The maximum absolute atomic E-state index is 9.82. The van der Waals surface area contributed by atoms with E-state index in [0.29, 0.717) is 5.75 Å². The van der Waals surface area contributed by atoms with Gasteiger partial charge in [-0.05, 0) is 48.4 Å². The molecule has 168 valence electrons. The summed E-state index contributed by atoms with van der Waals surface area (Å²) in [4.78, 5) is 0. The molecule has 0 amide bonds. The molecule has 4 aromatic carbocycles. The Bertz CT molecular complexity index is 1140. The maximum atomic E-state index is 9.82. The first-order chi connectivity index (χ1) is 16.1. The molecule has 0 bridgehead atoms. The Kier molecular flexibility index (Phi) is 6.66. The van der Waals surface area contributed by atoms with E-state index in [1.54, 1.807) is 14.2 Å². The van der Waals surface area contributed by atoms with Crippen LogP contribution in [0.2, 0.25) is 0 Å². The molecule has 33 heavy (non-hydrogen) atoms. The lowest BCUT2D eigenvalue weighted by atomic mass is 9.79. The lowest BCUT2D eigenvalue weighted by Gasteiger charge is -2.37. The van der Waals surface area contributed by atoms with Crippen LogP contribution in [0, 0.1) is 6.92 Å². The quantitative estimate of drug-likeness (QED) is 0.348. The van der Waals surface area contributed by atoms with Crippen LogP contribution in [-0.4, -0.2) is 19.3 Å². The van der Waals surface area contributed by atoms with Gasteiger partial charge in [-0.25, -0.2) is 0 Å². The van der Waals surface area contributed by atoms with Gasteiger partial charge in [-0.1, -0.05) is 66.7 Å². The highest BCUT2D eigenvalue weighted by Crippen LogP contribution is 2.43. The highest BCUT2D eigenvalue weighted by Gasteiger charge is 2.39. The first-order valence-electron chi connectivity index (χ1n) is 10.9. The Hall–Kier alpha value is -3.76. The third-order valence-corrected chi connectivity index (χ3v) is 6.00. The van der Waals surface area contributed by atoms with E-state index >= 15 is 0 Å². The van der Waals surface area contributed by atoms with Crippen LogP contribution in [-0.2, 0) is 12.2 Å². The van der Waals surface area contributed by atoms with Gasteiger partial charge in [-0.2, -0.15) is 0 Å². The number of hydrogen-bond donors (Lipinski definition) is 1. The lowest BCUT2D eigenvalue weighted by molar-refractivity contribution is 0.153. The monoisotopic (exact) mass is 440 g/mol. The number of ether oxygens (including phenoxy) is 3. The number of hydrogen-bond acceptors (Lipinski definition) is 4. The molecule has 0 atom stereocenters. The minimum atomic E-state index is -0.946. The molecule has 0 heterocycles. The van der Waals surface area contributed by atoms with E-state index in [4.69, 9.17) is 14.2 Å². The summed E-state index contributed by atoms with van der Waals surface area (Å²) in [6.45, 7) is 1.92. The summed E-state index contributed by atoms with van der Waals surface area (Å²) in [7, 11) is 3.31. The van der Waals surface area contributed by atoms with E-state index in [-0.39, 0.29) is 6.61 Å². The minimum Gasteiger partial charge on any atom is -0.497 e. The molecule has 0 spiro atoms. The molecule has 0 fully saturated rings. The van der Waals surface area contributed by atoms with Gasteiger partial charge in [0.2, 0.25) is 0 Å². The van der Waals surface area contributed by atoms with Crippen molar-refractivity contribution in [3.63, 3.8) is 0 Å². The van der Waals surface area contributed by atoms with Crippen molar-refractivity contribution in [3.8, 4) is 17.2 Å². The second-order valence-corrected chi connectivity index (χ2v) is 7.80. The average molecular weight is 441 g/mol. The number of benzene rings is 4. The van der Waals surface area contributed by atoms with Crippen molar-refractivity contribution in [1.29, 1.82) is 0 Å². The molecule has 4 nitrogen and oxygen atoms in total. The van der Waals surface area contributed by atoms with Crippen molar-refractivity contribution in [2.45, 2.75) is 19.1 Å². The largest absolute Gasteiger partial charge is 0.497 e. The SMILES string of the molecule is COc1ccc(C(Oc2cccc(CO)c2C)(c2ccccc2)c2ccc(OC)cc2)cc1. The van der Waals surface area contributed by atoms with Crippen LogP contribution in [0.4, 0.5) is 0 Å². The second-order valence-electron chi connectivity index (χ2n) is 7.80. The van der Waals surface area contributed by atoms with E-state index in [0.717, 1.165) is 39.3 Å². The highest BCUT2D eigenvalue weighted by molar-refractivity contribution is 5.52. The fraction of sp³-hybridized carbons (Fsp3) is 0.172. The minimum absolute atomic E-state index is 0.0492. The predicted molar refractivity (Wildman–Crippen MR) is 130 cm³/mol. The van der Waals surface area contributed by atoms with Crippen molar-refractivity contribution in [2.24, 2.45) is 0 Å². The Balaban J connectivity index is 2.00. The van der Waals surface area contributed by atoms with E-state index in [1.807, 2.05) is 91.9 Å². The Morgan fingerprint density at radius 1 is 0.636 bits per heavy atom. The van der Waals surface area contributed by atoms with Gasteiger partial charge in [-0.3, -0.25) is 0 Å². The third-order valence-electron chi connectivity index (χ3n) is 6.00. The van der Waals surface area contributed by atoms with Crippen molar-refractivity contribution >= 4 is 0 Å². The Labute approximate surface area is 195 Å². The summed E-state index contributed by atoms with van der Waals surface area (Å²) < 4.78 is 17.8. The average Bonchev–Trinajstić information content (AvgIpc) is 2.89. The number of methoxy groups -OCH3 is 2. The fourth-order valence-electron chi connectivity index (χ4n) is 4.11. The number of aliphatic hydroxyl groups excluding tert-OH is 1. The lowest BCUT2D eigenvalue weighted by Crippen LogP contribution is -2.36. The van der Waals surface area contributed by atoms with E-state index < -0.39 is 5.60 Å². The zero-order valence-electron chi connectivity index (χ0n) is 19.1. The topological polar surface area (TPSA) is 47.9 Å². The third kappa shape index (κ3) is 4.30. The molecule has 0 aliphatic heterocycles. The Morgan fingerprint density at radius 2 is 1.15 bits per heavy atom. The first-order valence-corrected chi connectivity index (χ1v) is 10.9. The standard InChI is InChI=1S/C29H28O4/c1-21-22(20-30)8-7-11-28(21)33-29(23-9-5-4-6-10-23,24-12-16-26(31-2)17-13-24)25-14-18-27(32-3)19-15-25/h4-19,30H,20H2,1-3H3. The van der Waals surface area contributed by atoms with E-state index in [9.17, 15) is 5.11 Å². The van der Waals surface area contributed by atoms with Gasteiger partial charge in [0.1, 0.15) is 17.2 Å². The summed E-state index contributed by atoms with van der Waals surface area (Å²) in [5, 5.41) is 9.82. The van der Waals surface area contributed by atoms with Gasteiger partial charge >= 0.3 is 0 Å². The molecule has 4 heteroatoms. The number of rotatable bonds is 8. The molecule has 0 aliphatic rings. The van der Waals surface area contributed by atoms with Gasteiger partial charge in [0, 0.05) is 16.7 Å². The molecule has 0 radical (unpaired) electrons. The summed E-state index contributed by atoms with van der Waals surface area (Å²) >= 11 is 0. The summed E-state index contributed by atoms with van der Waals surface area (Å²) in [5.74, 6) is 2.25. The van der Waals surface area contributed by atoms with Crippen LogP contribution in [0.15, 0.2) is 97.1 Å². The molecule has 0 saturated carbocycles. The smallest absolute Gasteiger partial charge is 0.184 e. The first kappa shape index (κ1) is 22.4. The zero-order valence-corrected chi connectivity index (χ0v) is 19.1. The molecule has 0 unspecified atom stereocenters. The molecule has 1 N–H and O–H groups in total. The van der Waals surface area contributed by atoms with E-state index in [1.165, 1.54) is 0 Å². The molecular formula is C29H28O4. The number of aliphatic hydroxyl groups is 1. The van der Waals surface area contributed by atoms with Crippen molar-refractivity contribution in [3.05, 3.63) is 125 Å². The van der Waals surface area contributed by atoms with Crippen LogP contribution >= 0.6 is 0 Å². The van der Waals surface area contributed by atoms with Crippen LogP contribution in [0.1, 0.15) is 27.8 Å². The Morgan fingerprint density at radius 3 is 1.64 bits per heavy atom. The van der Waals surface area contributed by atoms with Crippen LogP contribution in [0.25, 0.3) is 0 Å². The van der Waals surface area contributed by atoms with Crippen molar-refractivity contribution in [1.82, 2.24) is 0 Å². The van der Waals surface area contributed by atoms with Gasteiger partial charge in [0.05, 0.1) is 20.8 Å². The van der Waals surface area contributed by atoms with Crippen LogP contribution in [0.5, 0.6) is 17.2 Å². The molecule has 0 aromatic heterocycles. The molecule has 4 aromatic rings. The maximum Gasteiger partial charge on any atom is 0.184 e. The normalized spacial score (nSPS) is 11.2. The molecule has 4 rings (SSSR count). The zero-order chi connectivity index (χ0) is 23.3. The van der Waals surface area contributed by atoms with Crippen molar-refractivity contribution in [2.75, 3.05) is 14.2 Å². The van der Waals surface area contributed by atoms with Crippen LogP contribution < -0.4 is 14.2 Å². The second kappa shape index (κ2) is 9.80. The summed E-state index contributed by atoms with van der Waals surface area (Å²) in [6, 6.07) is 31.8. The summed E-state index contributed by atoms with van der Waals surface area (Å²) in [5.41, 5.74) is 3.68. The van der Waals surface area contributed by atoms with Gasteiger partial charge in [0.15, 0.2) is 5.60 Å². The summed E-state index contributed by atoms with van der Waals surface area (Å²) in [6.07, 6.45) is 0. The van der Waals surface area contributed by atoms with Gasteiger partial charge in [-0.15, -0.1) is 0 Å². The molecule has 0 aliphatic carbocycles. The fourth-order valence-corrected chi connectivity index (χ4v) is 4.11. The predicted octanol–water partition coefficient (Wildman–Crippen LogP) is 5.88. The molecule has 0 saturated heterocycles. The van der Waals surface area contributed by atoms with Gasteiger partial charge < -0.3 is 19.3 Å². The van der Waals surface area contributed by atoms with E-state index in [2.05, 4.69) is 12.1 Å². The van der Waals surface area contributed by atoms with Crippen molar-refractivity contribution < 1.29 is 19.3 Å². The van der Waals surface area contributed by atoms with Crippen LogP contribution in [0.3, 0.4) is 0 Å². The van der Waals surface area contributed by atoms with Gasteiger partial charge in [0.25, 0.3) is 0 Å².